The number of alkyl halides is 13. The molecule has 0 aromatic rings. The second kappa shape index (κ2) is 16.7. The number of hydrogen-bond acceptors (Lipinski definition) is 1. The Morgan fingerprint density at radius 3 is 1.23 bits per heavy atom. The van der Waals surface area contributed by atoms with Crippen LogP contribution in [0.5, 0.6) is 0 Å². The second-order valence-electron chi connectivity index (χ2n) is 11.6. The normalized spacial score (nSPS) is 14.3. The van der Waals surface area contributed by atoms with E-state index in [1.165, 1.54) is 51.4 Å². The molecule has 0 aromatic carbocycles. The number of quaternary nitrogens is 1. The van der Waals surface area contributed by atoms with Crippen molar-refractivity contribution in [3.63, 3.8) is 0 Å². The van der Waals surface area contributed by atoms with E-state index in [9.17, 15) is 61.9 Å². The highest BCUT2D eigenvalue weighted by Gasteiger charge is 2.91. The summed E-state index contributed by atoms with van der Waals surface area (Å²) in [6, 6.07) is 0. The highest BCUT2D eigenvalue weighted by atomic mass is 19.4. The van der Waals surface area contributed by atoms with E-state index in [0.29, 0.717) is 13.0 Å². The number of nitrogens with zero attached hydrogens (tertiary/aromatic N) is 1. The number of rotatable bonds is 23. The van der Waals surface area contributed by atoms with Crippen molar-refractivity contribution >= 4 is 5.91 Å². The van der Waals surface area contributed by atoms with E-state index in [1.807, 2.05) is 0 Å². The quantitative estimate of drug-likeness (QED) is 0.0661. The summed E-state index contributed by atoms with van der Waals surface area (Å²) in [5, 5.41) is 1.16. The molecule has 43 heavy (non-hydrogen) atoms. The number of amides is 1. The molecule has 0 radical (unpaired) electrons. The molecule has 0 aliphatic heterocycles. The third kappa shape index (κ3) is 11.1. The van der Waals surface area contributed by atoms with Crippen LogP contribution in [0.25, 0.3) is 0 Å². The lowest BCUT2D eigenvalue weighted by atomic mass is 9.93. The first kappa shape index (κ1) is 41.5. The number of likely N-dealkylation sites (N-methyl/N-ethyl adjacent to an activating group) is 1. The summed E-state index contributed by atoms with van der Waals surface area (Å²) in [6.45, 7) is 1.58. The van der Waals surface area contributed by atoms with Gasteiger partial charge in [0, 0.05) is 0 Å². The second-order valence-corrected chi connectivity index (χ2v) is 11.6. The predicted molar refractivity (Wildman–Crippen MR) is 136 cm³/mol. The lowest BCUT2D eigenvalue weighted by Crippen LogP contribution is -2.72. The first-order valence-corrected chi connectivity index (χ1v) is 14.5. The van der Waals surface area contributed by atoms with Gasteiger partial charge in [0.25, 0.3) is 5.91 Å². The first-order chi connectivity index (χ1) is 19.4. The van der Waals surface area contributed by atoms with Crippen LogP contribution >= 0.6 is 0 Å². The average Bonchev–Trinajstić information content (AvgIpc) is 2.87. The molecule has 0 aromatic heterocycles. The van der Waals surface area contributed by atoms with Crippen LogP contribution in [-0.2, 0) is 4.79 Å². The van der Waals surface area contributed by atoms with E-state index in [2.05, 4.69) is 6.92 Å². The van der Waals surface area contributed by atoms with Crippen LogP contribution in [0.15, 0.2) is 0 Å². The van der Waals surface area contributed by atoms with Crippen molar-refractivity contribution in [3.8, 4) is 0 Å². The molecule has 0 aliphatic rings. The molecule has 0 spiro atoms. The van der Waals surface area contributed by atoms with Crippen molar-refractivity contribution in [3.05, 3.63) is 0 Å². The molecule has 0 rings (SSSR count). The van der Waals surface area contributed by atoms with E-state index in [1.54, 1.807) is 14.1 Å². The van der Waals surface area contributed by atoms with E-state index < -0.39 is 48.2 Å². The maximum Gasteiger partial charge on any atom is 0.460 e. The molecule has 0 aliphatic carbocycles. The summed E-state index contributed by atoms with van der Waals surface area (Å²) in [5.74, 6) is -41.5. The van der Waals surface area contributed by atoms with Gasteiger partial charge in [-0.25, -0.2) is 0 Å². The number of hydrogen-bond donors (Lipinski definition) is 1. The van der Waals surface area contributed by atoms with Crippen molar-refractivity contribution in [1.29, 1.82) is 0 Å². The molecule has 0 heterocycles. The zero-order valence-corrected chi connectivity index (χ0v) is 24.8. The first-order valence-electron chi connectivity index (χ1n) is 14.5. The fraction of sp³-hybridized carbons (Fsp3) is 0.963. The Morgan fingerprint density at radius 2 is 0.860 bits per heavy atom. The van der Waals surface area contributed by atoms with Gasteiger partial charge in [-0.3, -0.25) is 4.79 Å². The zero-order valence-electron chi connectivity index (χ0n) is 24.8. The number of unbranched alkanes of at least 4 members (excludes halogenated alkanes) is 13. The zero-order chi connectivity index (χ0) is 33.8. The molecule has 1 N–H and O–H groups in total. The van der Waals surface area contributed by atoms with Gasteiger partial charge in [0.15, 0.2) is 0 Å². The Labute approximate surface area is 244 Å². The lowest BCUT2D eigenvalue weighted by Gasteiger charge is -2.39. The highest BCUT2D eigenvalue weighted by Crippen LogP contribution is 2.60. The highest BCUT2D eigenvalue weighted by molar-refractivity contribution is 5.84. The third-order valence-electron chi connectivity index (χ3n) is 7.34. The Bertz CT molecular complexity index is 815. The fourth-order valence-corrected chi connectivity index (χ4v) is 4.34. The van der Waals surface area contributed by atoms with Crippen LogP contribution in [0.1, 0.15) is 96.8 Å². The molecular formula is C27H44F13N2O+. The minimum atomic E-state index is -8.03. The molecule has 0 unspecified atom stereocenters. The van der Waals surface area contributed by atoms with Gasteiger partial charge in [-0.2, -0.15) is 57.1 Å². The van der Waals surface area contributed by atoms with Gasteiger partial charge in [-0.05, 0) is 12.8 Å². The molecule has 0 bridgehead atoms. The standard InChI is InChI=1S/C27H43F13N2O/c1-4-5-6-7-8-9-10-11-12-13-14-15-16-17-19-42(2,3)20-18-41-21(43)22(28,29)23(30,31)24(32,33)25(34,35)26(36,37)27(38,39)40/h4-20H2,1-3H3/p+1. The Kier molecular flexibility index (Phi) is 16.1. The minimum Gasteiger partial charge on any atom is -0.345 e. The molecule has 0 saturated carbocycles. The van der Waals surface area contributed by atoms with Gasteiger partial charge in [-0.1, -0.05) is 84.0 Å². The third-order valence-corrected chi connectivity index (χ3v) is 7.34. The molecule has 0 atom stereocenters. The van der Waals surface area contributed by atoms with Crippen LogP contribution in [0.4, 0.5) is 57.1 Å². The fourth-order valence-electron chi connectivity index (χ4n) is 4.34. The summed E-state index contributed by atoms with van der Waals surface area (Å²) < 4.78 is 172. The predicted octanol–water partition coefficient (Wildman–Crippen LogP) is 9.40. The summed E-state index contributed by atoms with van der Waals surface area (Å²) in [5.41, 5.74) is 0. The van der Waals surface area contributed by atoms with Crippen LogP contribution in [0.3, 0.4) is 0 Å². The Hall–Kier alpha value is -1.48. The van der Waals surface area contributed by atoms with Gasteiger partial charge >= 0.3 is 35.8 Å². The van der Waals surface area contributed by atoms with Crippen LogP contribution in [0.2, 0.25) is 0 Å². The molecular weight excluding hydrogens is 615 g/mol. The van der Waals surface area contributed by atoms with Crippen LogP contribution in [0, 0.1) is 0 Å². The molecule has 16 heteroatoms. The van der Waals surface area contributed by atoms with E-state index >= 15 is 0 Å². The number of carbonyl (C=O) groups excluding carboxylic acids is 1. The maximum absolute atomic E-state index is 13.9. The average molecular weight is 660 g/mol. The number of carbonyl (C=O) groups is 1. The van der Waals surface area contributed by atoms with Crippen molar-refractivity contribution in [2.45, 2.75) is 133 Å². The van der Waals surface area contributed by atoms with Gasteiger partial charge in [0.2, 0.25) is 0 Å². The smallest absolute Gasteiger partial charge is 0.345 e. The number of halogens is 13. The summed E-state index contributed by atoms with van der Waals surface area (Å²) in [7, 11) is 3.16. The van der Waals surface area contributed by atoms with Gasteiger partial charge in [-0.15, -0.1) is 0 Å². The Morgan fingerprint density at radius 1 is 0.512 bits per heavy atom. The molecule has 0 saturated heterocycles. The van der Waals surface area contributed by atoms with E-state index in [-0.39, 0.29) is 11.0 Å². The van der Waals surface area contributed by atoms with Gasteiger partial charge in [0.1, 0.15) is 0 Å². The van der Waals surface area contributed by atoms with Crippen molar-refractivity contribution < 1.29 is 66.4 Å². The van der Waals surface area contributed by atoms with Gasteiger partial charge < -0.3 is 9.80 Å². The minimum absolute atomic E-state index is 0.0482. The van der Waals surface area contributed by atoms with Crippen LogP contribution in [-0.4, -0.2) is 79.9 Å². The summed E-state index contributed by atoms with van der Waals surface area (Å²) in [6.07, 6.45) is 8.08. The lowest BCUT2D eigenvalue weighted by molar-refractivity contribution is -0.889. The topological polar surface area (TPSA) is 29.1 Å². The molecule has 258 valence electrons. The van der Waals surface area contributed by atoms with E-state index in [0.717, 1.165) is 37.4 Å². The molecule has 1 amide bonds. The number of nitrogens with one attached hydrogen (secondary N) is 1. The van der Waals surface area contributed by atoms with Crippen molar-refractivity contribution in [2.75, 3.05) is 33.7 Å². The van der Waals surface area contributed by atoms with Crippen molar-refractivity contribution in [2.24, 2.45) is 0 Å². The van der Waals surface area contributed by atoms with Gasteiger partial charge in [0.05, 0.1) is 33.7 Å². The largest absolute Gasteiger partial charge is 0.460 e. The summed E-state index contributed by atoms with van der Waals surface area (Å²) in [4.78, 5) is 11.6. The Balaban J connectivity index is 4.64. The summed E-state index contributed by atoms with van der Waals surface area (Å²) >= 11 is 0. The van der Waals surface area contributed by atoms with E-state index in [4.69, 9.17) is 0 Å². The van der Waals surface area contributed by atoms with Crippen molar-refractivity contribution in [1.82, 2.24) is 5.32 Å². The molecule has 0 fully saturated rings. The van der Waals surface area contributed by atoms with Crippen LogP contribution < -0.4 is 5.32 Å². The maximum atomic E-state index is 13.9. The SMILES string of the molecule is CCCCCCCCCCCCCCCC[N+](C)(C)CCNC(=O)C(F)(F)C(F)(F)C(F)(F)C(F)(F)C(F)(F)C(F)(F)F. The molecule has 3 nitrogen and oxygen atoms in total. The monoisotopic (exact) mass is 659 g/mol.